The summed E-state index contributed by atoms with van der Waals surface area (Å²) < 4.78 is 19.6. The van der Waals surface area contributed by atoms with Crippen molar-refractivity contribution in [3.05, 3.63) is 0 Å². The maximum atomic E-state index is 9.08. The molecule has 6 fully saturated rings. The highest BCUT2D eigenvalue weighted by Gasteiger charge is 2.43. The third kappa shape index (κ3) is 5.49. The van der Waals surface area contributed by atoms with Crippen LogP contribution in [0.2, 0.25) is 0 Å². The van der Waals surface area contributed by atoms with E-state index in [-0.39, 0.29) is 18.3 Å². The van der Waals surface area contributed by atoms with E-state index < -0.39 is 0 Å². The molecule has 2 saturated carbocycles. The molecule has 1 N–H and O–H groups in total. The molecule has 0 spiro atoms. The molecule has 6 rings (SSSR count). The van der Waals surface area contributed by atoms with Crippen LogP contribution in [0.15, 0.2) is 0 Å². The first-order valence-electron chi connectivity index (χ1n) is 8.44. The number of ether oxygens (including phenoxy) is 4. The smallest absolute Gasteiger partial charge is 0.111 e. The summed E-state index contributed by atoms with van der Waals surface area (Å²) in [6.45, 7) is 3.36. The van der Waals surface area contributed by atoms with E-state index in [4.69, 9.17) is 24.1 Å². The number of epoxide rings is 4. The summed E-state index contributed by atoms with van der Waals surface area (Å²) in [6, 6.07) is 0. The Bertz CT molecular complexity index is 307. The van der Waals surface area contributed by atoms with Crippen LogP contribution in [0, 0.1) is 11.8 Å². The van der Waals surface area contributed by atoms with Gasteiger partial charge in [-0.25, -0.2) is 0 Å². The second-order valence-corrected chi connectivity index (χ2v) is 7.06. The third-order valence-corrected chi connectivity index (χ3v) is 4.72. The molecule has 4 heterocycles. The van der Waals surface area contributed by atoms with Gasteiger partial charge in [-0.3, -0.25) is 0 Å². The maximum Gasteiger partial charge on any atom is 0.111 e. The van der Waals surface area contributed by atoms with Gasteiger partial charge in [-0.1, -0.05) is 0 Å². The number of aliphatic hydroxyl groups excluding tert-OH is 1. The van der Waals surface area contributed by atoms with Crippen LogP contribution in [0.1, 0.15) is 32.1 Å². The Hall–Kier alpha value is -0.200. The Morgan fingerprint density at radius 3 is 1.33 bits per heavy atom. The first-order chi connectivity index (χ1) is 10.3. The molecule has 0 radical (unpaired) electrons. The molecule has 0 amide bonds. The lowest BCUT2D eigenvalue weighted by atomic mass is 10.2. The normalized spacial score (nSPS) is 42.7. The van der Waals surface area contributed by atoms with Crippen LogP contribution in [-0.2, 0) is 18.9 Å². The topological polar surface area (TPSA) is 70.3 Å². The molecule has 5 heteroatoms. The summed E-state index contributed by atoms with van der Waals surface area (Å²) >= 11 is 0. The zero-order valence-electron chi connectivity index (χ0n) is 12.5. The predicted molar refractivity (Wildman–Crippen MR) is 75.0 cm³/mol. The number of aliphatic hydroxyl groups is 1. The van der Waals surface area contributed by atoms with E-state index in [0.717, 1.165) is 19.6 Å². The molecule has 4 aliphatic heterocycles. The van der Waals surface area contributed by atoms with Gasteiger partial charge in [0.2, 0.25) is 0 Å². The molecule has 0 aromatic carbocycles. The van der Waals surface area contributed by atoms with Crippen LogP contribution in [0.3, 0.4) is 0 Å². The Morgan fingerprint density at radius 1 is 0.714 bits per heavy atom. The highest BCUT2D eigenvalue weighted by molar-refractivity contribution is 4.90. The molecule has 0 bridgehead atoms. The Labute approximate surface area is 125 Å². The van der Waals surface area contributed by atoms with Gasteiger partial charge in [0.1, 0.15) is 18.3 Å². The van der Waals surface area contributed by atoms with Gasteiger partial charge in [0.25, 0.3) is 0 Å². The zero-order chi connectivity index (χ0) is 14.2. The molecule has 2 aliphatic carbocycles. The van der Waals surface area contributed by atoms with Crippen LogP contribution in [0.4, 0.5) is 0 Å². The molecule has 0 aromatic rings. The third-order valence-electron chi connectivity index (χ3n) is 4.72. The van der Waals surface area contributed by atoms with Gasteiger partial charge < -0.3 is 24.1 Å². The molecule has 4 unspecified atom stereocenters. The fraction of sp³-hybridized carbons (Fsp3) is 1.00. The summed E-state index contributed by atoms with van der Waals surface area (Å²) in [6.07, 6.45) is 8.32. The summed E-state index contributed by atoms with van der Waals surface area (Å²) in [5.74, 6) is 2.43. The standard InChI is InChI=1S/C6H10.C5H8O3.C5H8O2/c1-2-5(1)6-3-4-6;6-5(3-1-7-3)4-2-8-4;1(4-2-6-4)5-3-7-5/h5-6H,1-4H2;3-6H,1-2H2;4-5H,1-3H2. The minimum atomic E-state index is -0.352. The molecular weight excluding hydrogens is 272 g/mol. The summed E-state index contributed by atoms with van der Waals surface area (Å²) in [5, 5.41) is 9.08. The van der Waals surface area contributed by atoms with Gasteiger partial charge in [-0.15, -0.1) is 0 Å². The summed E-state index contributed by atoms with van der Waals surface area (Å²) in [4.78, 5) is 0. The van der Waals surface area contributed by atoms with E-state index in [0.29, 0.717) is 25.4 Å². The minimum absolute atomic E-state index is 0.0856. The van der Waals surface area contributed by atoms with Gasteiger partial charge in [0.15, 0.2) is 0 Å². The van der Waals surface area contributed by atoms with E-state index >= 15 is 0 Å². The lowest BCUT2D eigenvalue weighted by molar-refractivity contribution is 0.103. The van der Waals surface area contributed by atoms with Crippen molar-refractivity contribution < 1.29 is 24.1 Å². The van der Waals surface area contributed by atoms with E-state index in [2.05, 4.69) is 0 Å². The van der Waals surface area contributed by atoms with Crippen molar-refractivity contribution in [2.24, 2.45) is 11.8 Å². The SMILES string of the molecule is C1CC1C1CC1.C1OC1CC1CO1.OC(C1CO1)C1CO1. The zero-order valence-corrected chi connectivity index (χ0v) is 12.5. The van der Waals surface area contributed by atoms with E-state index in [1.54, 1.807) is 25.7 Å². The van der Waals surface area contributed by atoms with Crippen LogP contribution in [-0.4, -0.2) is 62.1 Å². The van der Waals surface area contributed by atoms with Gasteiger partial charge in [-0.05, 0) is 37.5 Å². The second kappa shape index (κ2) is 6.13. The second-order valence-electron chi connectivity index (χ2n) is 7.06. The first-order valence-corrected chi connectivity index (χ1v) is 8.44. The molecule has 5 nitrogen and oxygen atoms in total. The Kier molecular flexibility index (Phi) is 4.20. The lowest BCUT2D eigenvalue weighted by Crippen LogP contribution is -2.21. The summed E-state index contributed by atoms with van der Waals surface area (Å²) in [5.41, 5.74) is 0. The first kappa shape index (κ1) is 14.4. The minimum Gasteiger partial charge on any atom is -0.388 e. The highest BCUT2D eigenvalue weighted by Crippen LogP contribution is 2.49. The van der Waals surface area contributed by atoms with Gasteiger partial charge in [-0.2, -0.15) is 0 Å². The molecule has 21 heavy (non-hydrogen) atoms. The average molecular weight is 298 g/mol. The van der Waals surface area contributed by atoms with Gasteiger partial charge in [0, 0.05) is 6.42 Å². The van der Waals surface area contributed by atoms with Crippen molar-refractivity contribution in [2.75, 3.05) is 26.4 Å². The molecule has 4 saturated heterocycles. The van der Waals surface area contributed by atoms with Gasteiger partial charge >= 0.3 is 0 Å². The van der Waals surface area contributed by atoms with Crippen molar-refractivity contribution in [3.63, 3.8) is 0 Å². The average Bonchev–Trinajstić information content (AvgIpc) is 3.24. The van der Waals surface area contributed by atoms with E-state index in [1.807, 2.05) is 0 Å². The highest BCUT2D eigenvalue weighted by atomic mass is 16.6. The van der Waals surface area contributed by atoms with Crippen LogP contribution in [0.25, 0.3) is 0 Å². The van der Waals surface area contributed by atoms with Crippen LogP contribution >= 0.6 is 0 Å². The van der Waals surface area contributed by atoms with Crippen molar-refractivity contribution in [1.82, 2.24) is 0 Å². The lowest BCUT2D eigenvalue weighted by Gasteiger charge is -1.98. The monoisotopic (exact) mass is 298 g/mol. The largest absolute Gasteiger partial charge is 0.388 e. The van der Waals surface area contributed by atoms with Crippen molar-refractivity contribution in [3.8, 4) is 0 Å². The molecule has 120 valence electrons. The van der Waals surface area contributed by atoms with Crippen molar-refractivity contribution >= 4 is 0 Å². The van der Waals surface area contributed by atoms with Crippen molar-refractivity contribution in [2.45, 2.75) is 62.6 Å². The van der Waals surface area contributed by atoms with E-state index in [9.17, 15) is 0 Å². The number of hydrogen-bond acceptors (Lipinski definition) is 5. The number of rotatable bonds is 5. The van der Waals surface area contributed by atoms with Gasteiger partial charge in [0.05, 0.1) is 38.6 Å². The number of hydrogen-bond donors (Lipinski definition) is 1. The fourth-order valence-corrected chi connectivity index (χ4v) is 2.58. The quantitative estimate of drug-likeness (QED) is 0.770. The Morgan fingerprint density at radius 2 is 1.10 bits per heavy atom. The van der Waals surface area contributed by atoms with E-state index in [1.165, 1.54) is 11.8 Å². The fourth-order valence-electron chi connectivity index (χ4n) is 2.58. The predicted octanol–water partition coefficient (Wildman–Crippen LogP) is 1.13. The molecule has 4 atom stereocenters. The van der Waals surface area contributed by atoms with Crippen LogP contribution < -0.4 is 0 Å². The van der Waals surface area contributed by atoms with Crippen molar-refractivity contribution in [1.29, 1.82) is 0 Å². The summed E-state index contributed by atoms with van der Waals surface area (Å²) in [7, 11) is 0. The van der Waals surface area contributed by atoms with Crippen LogP contribution in [0.5, 0.6) is 0 Å². The Balaban J connectivity index is 0.0000000831. The molecular formula is C16H26O5. The molecule has 6 aliphatic rings. The molecule has 0 aromatic heterocycles. The maximum absolute atomic E-state index is 9.08.